The van der Waals surface area contributed by atoms with Gasteiger partial charge in [0.1, 0.15) is 17.6 Å². The molecule has 0 spiro atoms. The molecule has 1 amide bonds. The number of aryl methyl sites for hydroxylation is 1. The van der Waals surface area contributed by atoms with Crippen molar-refractivity contribution in [1.29, 1.82) is 0 Å². The third kappa shape index (κ3) is 4.47. The van der Waals surface area contributed by atoms with E-state index in [1.165, 1.54) is 0 Å². The van der Waals surface area contributed by atoms with Crippen molar-refractivity contribution in [3.63, 3.8) is 0 Å². The predicted octanol–water partition coefficient (Wildman–Crippen LogP) is 5.24. The molecule has 2 aromatic carbocycles. The number of nitrogens with zero attached hydrogens (tertiary/aromatic N) is 2. The van der Waals surface area contributed by atoms with Crippen molar-refractivity contribution in [3.05, 3.63) is 64.5 Å². The first-order valence-corrected chi connectivity index (χ1v) is 8.80. The highest BCUT2D eigenvalue weighted by atomic mass is 35.5. The van der Waals surface area contributed by atoms with Gasteiger partial charge in [0.05, 0.1) is 11.6 Å². The van der Waals surface area contributed by atoms with Crippen LogP contribution in [-0.4, -0.2) is 30.2 Å². The molecule has 1 aliphatic heterocycles. The number of hydrogen-bond acceptors (Lipinski definition) is 3. The second-order valence-electron chi connectivity index (χ2n) is 6.21. The molecule has 1 fully saturated rings. The van der Waals surface area contributed by atoms with E-state index >= 15 is 0 Å². The summed E-state index contributed by atoms with van der Waals surface area (Å²) in [5, 5.41) is 0.386. The molecule has 0 saturated carbocycles. The Morgan fingerprint density at radius 1 is 1.15 bits per heavy atom. The molecule has 6 heteroatoms. The molecule has 0 aromatic heterocycles. The Morgan fingerprint density at radius 2 is 1.81 bits per heavy atom. The van der Waals surface area contributed by atoms with Crippen molar-refractivity contribution in [2.45, 2.75) is 25.9 Å². The van der Waals surface area contributed by atoms with Crippen molar-refractivity contribution < 1.29 is 14.3 Å². The molecule has 5 nitrogen and oxygen atoms in total. The third-order valence-electron chi connectivity index (χ3n) is 4.27. The van der Waals surface area contributed by atoms with Gasteiger partial charge in [0, 0.05) is 25.9 Å². The molecule has 3 rings (SSSR count). The summed E-state index contributed by atoms with van der Waals surface area (Å²) in [5.74, 6) is 1.19. The van der Waals surface area contributed by atoms with Gasteiger partial charge in [0.2, 0.25) is 5.69 Å². The van der Waals surface area contributed by atoms with Crippen molar-refractivity contribution in [2.24, 2.45) is 0 Å². The number of amides is 1. The summed E-state index contributed by atoms with van der Waals surface area (Å²) >= 11 is 6.04. The minimum atomic E-state index is -0.336. The Bertz CT molecular complexity index is 822. The summed E-state index contributed by atoms with van der Waals surface area (Å²) in [6.45, 7) is 10.1. The normalized spacial score (nSPS) is 14.6. The summed E-state index contributed by atoms with van der Waals surface area (Å²) < 4.78 is 11.3. The summed E-state index contributed by atoms with van der Waals surface area (Å²) in [4.78, 5) is 17.3. The lowest BCUT2D eigenvalue weighted by Gasteiger charge is -2.31. The maximum atomic E-state index is 12.2. The predicted molar refractivity (Wildman–Crippen MR) is 100 cm³/mol. The lowest BCUT2D eigenvalue weighted by Crippen LogP contribution is -2.43. The van der Waals surface area contributed by atoms with Gasteiger partial charge < -0.3 is 14.4 Å². The monoisotopic (exact) mass is 370 g/mol. The molecule has 0 radical (unpaired) electrons. The average Bonchev–Trinajstić information content (AvgIpc) is 2.64. The Morgan fingerprint density at radius 3 is 2.42 bits per heavy atom. The Kier molecular flexibility index (Phi) is 5.65. The van der Waals surface area contributed by atoms with Gasteiger partial charge in [-0.05, 0) is 31.2 Å². The van der Waals surface area contributed by atoms with Crippen LogP contribution in [-0.2, 0) is 0 Å². The van der Waals surface area contributed by atoms with E-state index in [9.17, 15) is 4.79 Å². The lowest BCUT2D eigenvalue weighted by molar-refractivity contribution is 0.0931. The van der Waals surface area contributed by atoms with Gasteiger partial charge in [-0.2, -0.15) is 0 Å². The molecular weight excluding hydrogens is 352 g/mol. The van der Waals surface area contributed by atoms with Gasteiger partial charge >= 0.3 is 6.09 Å². The average molecular weight is 371 g/mol. The summed E-state index contributed by atoms with van der Waals surface area (Å²) in [6.07, 6.45) is 1.10. The molecular formula is C20H19ClN2O3. The van der Waals surface area contributed by atoms with Gasteiger partial charge in [-0.1, -0.05) is 35.4 Å². The SMILES string of the molecule is [C-]#[N+]c1ccc(OC2CCN(C(=O)Oc3ccc(C)cc3)CC2)cc1Cl. The highest BCUT2D eigenvalue weighted by Crippen LogP contribution is 2.30. The number of ether oxygens (including phenoxy) is 2. The zero-order valence-corrected chi connectivity index (χ0v) is 15.2. The van der Waals surface area contributed by atoms with E-state index < -0.39 is 0 Å². The standard InChI is InChI=1S/C20H19ClN2O3/c1-14-3-5-15(6-4-14)26-20(24)23-11-9-16(10-12-23)25-17-7-8-19(22-2)18(21)13-17/h3-8,13,16H,9-12H2,1H3. The second-order valence-corrected chi connectivity index (χ2v) is 6.62. The molecule has 1 heterocycles. The van der Waals surface area contributed by atoms with E-state index in [1.807, 2.05) is 19.1 Å². The van der Waals surface area contributed by atoms with E-state index in [0.717, 1.165) is 5.56 Å². The van der Waals surface area contributed by atoms with Crippen LogP contribution in [0.25, 0.3) is 4.85 Å². The Balaban J connectivity index is 1.50. The first-order valence-electron chi connectivity index (χ1n) is 8.42. The van der Waals surface area contributed by atoms with Gasteiger partial charge in [-0.25, -0.2) is 9.64 Å². The minimum absolute atomic E-state index is 0.00767. The number of piperidine rings is 1. The number of carbonyl (C=O) groups is 1. The van der Waals surface area contributed by atoms with Crippen LogP contribution < -0.4 is 9.47 Å². The first kappa shape index (κ1) is 18.1. The molecule has 1 saturated heterocycles. The van der Waals surface area contributed by atoms with Gasteiger partial charge in [-0.15, -0.1) is 0 Å². The van der Waals surface area contributed by atoms with Crippen LogP contribution in [0.4, 0.5) is 10.5 Å². The number of halogens is 1. The fourth-order valence-corrected chi connectivity index (χ4v) is 2.98. The Hall–Kier alpha value is -2.71. The molecule has 0 bridgehead atoms. The molecule has 0 unspecified atom stereocenters. The van der Waals surface area contributed by atoms with E-state index in [2.05, 4.69) is 4.85 Å². The number of rotatable bonds is 3. The van der Waals surface area contributed by atoms with Crippen LogP contribution in [0.3, 0.4) is 0 Å². The number of benzene rings is 2. The van der Waals surface area contributed by atoms with E-state index in [4.69, 9.17) is 27.6 Å². The van der Waals surface area contributed by atoms with Crippen LogP contribution in [0.2, 0.25) is 5.02 Å². The number of likely N-dealkylation sites (tertiary alicyclic amines) is 1. The van der Waals surface area contributed by atoms with Gasteiger partial charge in [-0.3, -0.25) is 0 Å². The summed E-state index contributed by atoms with van der Waals surface area (Å²) in [6, 6.07) is 12.5. The van der Waals surface area contributed by atoms with E-state index in [-0.39, 0.29) is 12.2 Å². The van der Waals surface area contributed by atoms with Crippen LogP contribution in [0.5, 0.6) is 11.5 Å². The van der Waals surface area contributed by atoms with Crippen molar-refractivity contribution in [1.82, 2.24) is 4.90 Å². The fraction of sp³-hybridized carbons (Fsp3) is 0.300. The smallest absolute Gasteiger partial charge is 0.415 e. The molecule has 1 aliphatic rings. The third-order valence-corrected chi connectivity index (χ3v) is 4.57. The molecule has 0 atom stereocenters. The lowest BCUT2D eigenvalue weighted by atomic mass is 10.1. The molecule has 134 valence electrons. The topological polar surface area (TPSA) is 43.1 Å². The maximum absolute atomic E-state index is 12.2. The summed E-state index contributed by atoms with van der Waals surface area (Å²) in [7, 11) is 0. The van der Waals surface area contributed by atoms with Crippen LogP contribution >= 0.6 is 11.6 Å². The van der Waals surface area contributed by atoms with E-state index in [0.29, 0.717) is 48.1 Å². The van der Waals surface area contributed by atoms with Crippen LogP contribution in [0.15, 0.2) is 42.5 Å². The summed E-state index contributed by atoms with van der Waals surface area (Å²) in [5.41, 5.74) is 1.53. The highest BCUT2D eigenvalue weighted by Gasteiger charge is 2.25. The van der Waals surface area contributed by atoms with Gasteiger partial charge in [0.15, 0.2) is 0 Å². The molecule has 26 heavy (non-hydrogen) atoms. The molecule has 2 aromatic rings. The fourth-order valence-electron chi connectivity index (χ4n) is 2.77. The first-order chi connectivity index (χ1) is 12.5. The van der Waals surface area contributed by atoms with Crippen molar-refractivity contribution >= 4 is 23.4 Å². The number of carbonyl (C=O) groups excluding carboxylic acids is 1. The second kappa shape index (κ2) is 8.11. The highest BCUT2D eigenvalue weighted by molar-refractivity contribution is 6.33. The zero-order chi connectivity index (χ0) is 18.5. The quantitative estimate of drug-likeness (QED) is 0.694. The van der Waals surface area contributed by atoms with Crippen LogP contribution in [0.1, 0.15) is 18.4 Å². The molecule has 0 aliphatic carbocycles. The van der Waals surface area contributed by atoms with Crippen molar-refractivity contribution in [2.75, 3.05) is 13.1 Å². The van der Waals surface area contributed by atoms with Crippen molar-refractivity contribution in [3.8, 4) is 11.5 Å². The number of hydrogen-bond donors (Lipinski definition) is 0. The maximum Gasteiger partial charge on any atom is 0.415 e. The minimum Gasteiger partial charge on any atom is -0.490 e. The Labute approximate surface area is 157 Å². The zero-order valence-electron chi connectivity index (χ0n) is 14.4. The van der Waals surface area contributed by atoms with Crippen LogP contribution in [0, 0.1) is 13.5 Å². The van der Waals surface area contributed by atoms with E-state index in [1.54, 1.807) is 35.2 Å². The van der Waals surface area contributed by atoms with Gasteiger partial charge in [0.25, 0.3) is 0 Å². The largest absolute Gasteiger partial charge is 0.490 e. The molecule has 0 N–H and O–H groups in total.